The molecule has 0 fully saturated rings. The molecule has 0 bridgehead atoms. The van der Waals surface area contributed by atoms with Crippen molar-refractivity contribution in [2.24, 2.45) is 0 Å². The van der Waals surface area contributed by atoms with Crippen LogP contribution in [0.15, 0.2) is 41.1 Å². The average molecular weight is 314 g/mol. The quantitative estimate of drug-likeness (QED) is 0.847. The number of hydrogen-bond donors (Lipinski definition) is 2. The zero-order valence-corrected chi connectivity index (χ0v) is 11.2. The molecule has 0 unspecified atom stereocenters. The van der Waals surface area contributed by atoms with Crippen molar-refractivity contribution >= 4 is 33.2 Å². The smallest absolute Gasteiger partial charge is 0.139 e. The number of aromatic hydroxyl groups is 1. The van der Waals surface area contributed by atoms with Crippen LogP contribution < -0.4 is 5.32 Å². The molecule has 2 N–H and O–H groups in total. The van der Waals surface area contributed by atoms with Crippen molar-refractivity contribution in [3.8, 4) is 5.75 Å². The largest absolute Gasteiger partial charge is 0.506 e. The lowest BCUT2D eigenvalue weighted by atomic mass is 10.2. The standard InChI is InChI=1S/C12H10BrClN2O/c13-12-10(5-2-6-15-12)16-7-8-3-1-4-9(14)11(8)17/h1-6,16-17H,7H2. The van der Waals surface area contributed by atoms with Crippen molar-refractivity contribution in [2.45, 2.75) is 6.54 Å². The van der Waals surface area contributed by atoms with Crippen LogP contribution in [0, 0.1) is 0 Å². The third-order valence-corrected chi connectivity index (χ3v) is 3.24. The van der Waals surface area contributed by atoms with Gasteiger partial charge < -0.3 is 10.4 Å². The highest BCUT2D eigenvalue weighted by molar-refractivity contribution is 9.10. The molecule has 1 aromatic heterocycles. The fourth-order valence-corrected chi connectivity index (χ4v) is 2.00. The molecule has 0 saturated heterocycles. The highest BCUT2D eigenvalue weighted by atomic mass is 79.9. The maximum atomic E-state index is 9.75. The number of nitrogens with zero attached hydrogens (tertiary/aromatic N) is 1. The number of phenolic OH excluding ortho intramolecular Hbond substituents is 1. The number of pyridine rings is 1. The molecule has 0 aliphatic heterocycles. The Bertz CT molecular complexity index is 534. The van der Waals surface area contributed by atoms with Gasteiger partial charge in [-0.1, -0.05) is 23.7 Å². The topological polar surface area (TPSA) is 45.1 Å². The van der Waals surface area contributed by atoms with Gasteiger partial charge in [0.15, 0.2) is 0 Å². The van der Waals surface area contributed by atoms with E-state index < -0.39 is 0 Å². The van der Waals surface area contributed by atoms with Gasteiger partial charge in [-0.2, -0.15) is 0 Å². The first kappa shape index (κ1) is 12.2. The molecule has 0 saturated carbocycles. The monoisotopic (exact) mass is 312 g/mol. The molecule has 0 atom stereocenters. The van der Waals surface area contributed by atoms with Gasteiger partial charge in [0.05, 0.1) is 10.7 Å². The molecule has 2 aromatic rings. The van der Waals surface area contributed by atoms with E-state index in [-0.39, 0.29) is 5.75 Å². The van der Waals surface area contributed by atoms with Crippen LogP contribution in [-0.4, -0.2) is 10.1 Å². The minimum Gasteiger partial charge on any atom is -0.506 e. The number of phenols is 1. The molecule has 17 heavy (non-hydrogen) atoms. The van der Waals surface area contributed by atoms with Crippen molar-refractivity contribution in [1.29, 1.82) is 0 Å². The number of hydrogen-bond acceptors (Lipinski definition) is 3. The zero-order valence-electron chi connectivity index (χ0n) is 8.82. The van der Waals surface area contributed by atoms with Gasteiger partial charge in [-0.05, 0) is 34.1 Å². The number of rotatable bonds is 3. The number of nitrogens with one attached hydrogen (secondary N) is 1. The highest BCUT2D eigenvalue weighted by Gasteiger charge is 2.05. The molecule has 1 heterocycles. The average Bonchev–Trinajstić information content (AvgIpc) is 2.33. The molecule has 88 valence electrons. The van der Waals surface area contributed by atoms with Gasteiger partial charge in [-0.3, -0.25) is 0 Å². The number of anilines is 1. The van der Waals surface area contributed by atoms with Gasteiger partial charge in [0.2, 0.25) is 0 Å². The lowest BCUT2D eigenvalue weighted by Gasteiger charge is -2.09. The first-order chi connectivity index (χ1) is 8.18. The van der Waals surface area contributed by atoms with Crippen LogP contribution in [0.25, 0.3) is 0 Å². The minimum absolute atomic E-state index is 0.113. The van der Waals surface area contributed by atoms with Crippen molar-refractivity contribution in [2.75, 3.05) is 5.32 Å². The van der Waals surface area contributed by atoms with Crippen LogP contribution in [0.3, 0.4) is 0 Å². The predicted octanol–water partition coefficient (Wildman–Crippen LogP) is 3.82. The molecule has 1 aromatic carbocycles. The molecule has 0 amide bonds. The second-order valence-electron chi connectivity index (χ2n) is 3.44. The maximum absolute atomic E-state index is 9.75. The van der Waals surface area contributed by atoms with Gasteiger partial charge >= 0.3 is 0 Å². The van der Waals surface area contributed by atoms with Crippen molar-refractivity contribution in [1.82, 2.24) is 4.98 Å². The third kappa shape index (κ3) is 2.90. The van der Waals surface area contributed by atoms with Crippen LogP contribution in [-0.2, 0) is 6.54 Å². The Balaban J connectivity index is 2.13. The second kappa shape index (κ2) is 5.38. The summed E-state index contributed by atoms with van der Waals surface area (Å²) in [5.41, 5.74) is 1.61. The van der Waals surface area contributed by atoms with E-state index in [4.69, 9.17) is 11.6 Å². The first-order valence-corrected chi connectivity index (χ1v) is 6.16. The Labute approximate surface area is 113 Å². The summed E-state index contributed by atoms with van der Waals surface area (Å²) < 4.78 is 0.738. The predicted molar refractivity (Wildman–Crippen MR) is 72.4 cm³/mol. The van der Waals surface area contributed by atoms with E-state index in [0.717, 1.165) is 15.9 Å². The van der Waals surface area contributed by atoms with Crippen LogP contribution >= 0.6 is 27.5 Å². The Morgan fingerprint density at radius 3 is 2.88 bits per heavy atom. The Hall–Kier alpha value is -1.26. The fraction of sp³-hybridized carbons (Fsp3) is 0.0833. The van der Waals surface area contributed by atoms with E-state index in [1.807, 2.05) is 18.2 Å². The molecule has 2 rings (SSSR count). The lowest BCUT2D eigenvalue weighted by Crippen LogP contribution is -2.01. The van der Waals surface area contributed by atoms with Gasteiger partial charge in [0.1, 0.15) is 10.4 Å². The number of aromatic nitrogens is 1. The first-order valence-electron chi connectivity index (χ1n) is 4.99. The summed E-state index contributed by atoms with van der Waals surface area (Å²) in [7, 11) is 0. The molecular weight excluding hydrogens is 304 g/mol. The summed E-state index contributed by atoms with van der Waals surface area (Å²) in [5.74, 6) is 0.113. The molecule has 0 aliphatic rings. The number of halogens is 2. The molecule has 5 heteroatoms. The van der Waals surface area contributed by atoms with E-state index in [1.54, 1.807) is 18.3 Å². The van der Waals surface area contributed by atoms with Gasteiger partial charge in [-0.15, -0.1) is 0 Å². The van der Waals surface area contributed by atoms with Gasteiger partial charge in [0, 0.05) is 18.3 Å². The molecule has 0 radical (unpaired) electrons. The highest BCUT2D eigenvalue weighted by Crippen LogP contribution is 2.28. The van der Waals surface area contributed by atoms with E-state index in [1.165, 1.54) is 0 Å². The minimum atomic E-state index is 0.113. The normalized spacial score (nSPS) is 10.2. The zero-order chi connectivity index (χ0) is 12.3. The molecule has 0 aliphatic carbocycles. The van der Waals surface area contributed by atoms with Crippen LogP contribution in [0.2, 0.25) is 5.02 Å². The van der Waals surface area contributed by atoms with Gasteiger partial charge in [-0.25, -0.2) is 4.98 Å². The summed E-state index contributed by atoms with van der Waals surface area (Å²) in [4.78, 5) is 4.10. The van der Waals surface area contributed by atoms with E-state index in [9.17, 15) is 5.11 Å². The molecule has 0 spiro atoms. The van der Waals surface area contributed by atoms with Crippen molar-refractivity contribution < 1.29 is 5.11 Å². The SMILES string of the molecule is Oc1c(Cl)cccc1CNc1cccnc1Br. The number of para-hydroxylation sites is 1. The summed E-state index contributed by atoms with van der Waals surface area (Å²) >= 11 is 9.17. The Morgan fingerprint density at radius 2 is 2.12 bits per heavy atom. The Morgan fingerprint density at radius 1 is 1.29 bits per heavy atom. The Kier molecular flexibility index (Phi) is 3.86. The fourth-order valence-electron chi connectivity index (χ4n) is 1.41. The third-order valence-electron chi connectivity index (χ3n) is 2.30. The van der Waals surface area contributed by atoms with E-state index in [2.05, 4.69) is 26.2 Å². The van der Waals surface area contributed by atoms with Gasteiger partial charge in [0.25, 0.3) is 0 Å². The number of benzene rings is 1. The van der Waals surface area contributed by atoms with E-state index >= 15 is 0 Å². The summed E-state index contributed by atoms with van der Waals surface area (Å²) in [6, 6.07) is 9.01. The van der Waals surface area contributed by atoms with E-state index in [0.29, 0.717) is 11.6 Å². The summed E-state index contributed by atoms with van der Waals surface area (Å²) in [6.45, 7) is 0.483. The van der Waals surface area contributed by atoms with Crippen LogP contribution in [0.1, 0.15) is 5.56 Å². The summed E-state index contributed by atoms with van der Waals surface area (Å²) in [5, 5.41) is 13.3. The maximum Gasteiger partial charge on any atom is 0.139 e. The second-order valence-corrected chi connectivity index (χ2v) is 4.60. The molecule has 3 nitrogen and oxygen atoms in total. The lowest BCUT2D eigenvalue weighted by molar-refractivity contribution is 0.469. The summed E-state index contributed by atoms with van der Waals surface area (Å²) in [6.07, 6.45) is 1.70. The van der Waals surface area contributed by atoms with Crippen LogP contribution in [0.4, 0.5) is 5.69 Å². The van der Waals surface area contributed by atoms with Crippen molar-refractivity contribution in [3.63, 3.8) is 0 Å². The molecular formula is C12H10BrClN2O. The van der Waals surface area contributed by atoms with Crippen molar-refractivity contribution in [3.05, 3.63) is 51.7 Å². The van der Waals surface area contributed by atoms with Crippen LogP contribution in [0.5, 0.6) is 5.75 Å².